The predicted molar refractivity (Wildman–Crippen MR) is 138 cm³/mol. The topological polar surface area (TPSA) is 98.2 Å². The molecular weight excluding hydrogens is 466 g/mol. The van der Waals surface area contributed by atoms with Crippen LogP contribution in [0.3, 0.4) is 0 Å². The van der Waals surface area contributed by atoms with Crippen LogP contribution in [-0.2, 0) is 0 Å². The fourth-order valence-electron chi connectivity index (χ4n) is 3.18. The van der Waals surface area contributed by atoms with Gasteiger partial charge in [0, 0.05) is 11.3 Å². The summed E-state index contributed by atoms with van der Waals surface area (Å²) in [6.07, 6.45) is 0. The molecule has 0 bridgehead atoms. The van der Waals surface area contributed by atoms with Crippen LogP contribution in [0.1, 0.15) is 53.3 Å². The van der Waals surface area contributed by atoms with E-state index in [1.54, 1.807) is 37.3 Å². The Morgan fingerprint density at radius 3 is 2.03 bits per heavy atom. The van der Waals surface area contributed by atoms with E-state index in [1.807, 2.05) is 44.4 Å². The molecule has 1 heterocycles. The summed E-state index contributed by atoms with van der Waals surface area (Å²) in [5.74, 6) is 0.782. The average Bonchev–Trinajstić information content (AvgIpc) is 3.40. The van der Waals surface area contributed by atoms with Crippen molar-refractivity contribution in [3.05, 3.63) is 69.9 Å². The van der Waals surface area contributed by atoms with Gasteiger partial charge in [-0.25, -0.2) is 5.43 Å². The molecule has 8 nitrogen and oxygen atoms in total. The Balaban J connectivity index is 1.72. The van der Waals surface area contributed by atoms with Crippen molar-refractivity contribution in [1.29, 1.82) is 0 Å². The van der Waals surface area contributed by atoms with Crippen molar-refractivity contribution < 1.29 is 23.8 Å². The first-order valence-electron chi connectivity index (χ1n) is 11.3. The average molecular weight is 496 g/mol. The first kappa shape index (κ1) is 25.8. The van der Waals surface area contributed by atoms with Gasteiger partial charge in [-0.2, -0.15) is 5.10 Å². The van der Waals surface area contributed by atoms with Crippen LogP contribution >= 0.6 is 11.3 Å². The number of hydrazone groups is 1. The molecule has 0 saturated heterocycles. The number of carbonyl (C=O) groups excluding carboxylic acids is 2. The van der Waals surface area contributed by atoms with Gasteiger partial charge in [0.05, 0.1) is 30.4 Å². The van der Waals surface area contributed by atoms with Gasteiger partial charge < -0.3 is 19.5 Å². The normalized spacial score (nSPS) is 11.0. The zero-order valence-electron chi connectivity index (χ0n) is 20.2. The van der Waals surface area contributed by atoms with Crippen LogP contribution in [-0.4, -0.2) is 37.3 Å². The second-order valence-electron chi connectivity index (χ2n) is 7.25. The van der Waals surface area contributed by atoms with Crippen molar-refractivity contribution in [2.24, 2.45) is 5.10 Å². The van der Waals surface area contributed by atoms with Gasteiger partial charge in [-0.1, -0.05) is 18.2 Å². The summed E-state index contributed by atoms with van der Waals surface area (Å²) in [7, 11) is 0. The monoisotopic (exact) mass is 495 g/mol. The lowest BCUT2D eigenvalue weighted by Crippen LogP contribution is -2.20. The van der Waals surface area contributed by atoms with E-state index in [4.69, 9.17) is 14.2 Å². The van der Waals surface area contributed by atoms with Crippen molar-refractivity contribution in [2.75, 3.05) is 25.1 Å². The third-order valence-electron chi connectivity index (χ3n) is 4.80. The van der Waals surface area contributed by atoms with E-state index in [2.05, 4.69) is 15.8 Å². The molecule has 2 amide bonds. The Morgan fingerprint density at radius 2 is 1.49 bits per heavy atom. The van der Waals surface area contributed by atoms with Crippen LogP contribution < -0.4 is 25.0 Å². The van der Waals surface area contributed by atoms with Crippen LogP contribution in [0, 0.1) is 0 Å². The molecule has 184 valence electrons. The molecule has 0 spiro atoms. The number of thiophene rings is 1. The molecule has 2 aromatic carbocycles. The van der Waals surface area contributed by atoms with Crippen LogP contribution in [0.5, 0.6) is 17.2 Å². The lowest BCUT2D eigenvalue weighted by atomic mass is 10.1. The molecule has 0 fully saturated rings. The molecule has 3 rings (SSSR count). The number of ether oxygens (including phenoxy) is 3. The summed E-state index contributed by atoms with van der Waals surface area (Å²) in [5.41, 5.74) is 5.00. The van der Waals surface area contributed by atoms with Crippen LogP contribution in [0.25, 0.3) is 0 Å². The minimum Gasteiger partial charge on any atom is -0.490 e. The minimum absolute atomic E-state index is 0.154. The summed E-state index contributed by atoms with van der Waals surface area (Å²) in [6.45, 7) is 8.63. The van der Waals surface area contributed by atoms with Crippen LogP contribution in [0.4, 0.5) is 5.69 Å². The van der Waals surface area contributed by atoms with Crippen LogP contribution in [0.15, 0.2) is 59.0 Å². The fraction of sp³-hybridized carbons (Fsp3) is 0.269. The van der Waals surface area contributed by atoms with Crippen molar-refractivity contribution in [1.82, 2.24) is 5.43 Å². The van der Waals surface area contributed by atoms with E-state index in [1.165, 1.54) is 11.3 Å². The summed E-state index contributed by atoms with van der Waals surface area (Å²) in [4.78, 5) is 25.7. The summed E-state index contributed by atoms with van der Waals surface area (Å²) < 4.78 is 17.0. The number of benzene rings is 2. The van der Waals surface area contributed by atoms with Gasteiger partial charge in [0.15, 0.2) is 11.5 Å². The van der Waals surface area contributed by atoms with Gasteiger partial charge in [0.2, 0.25) is 5.75 Å². The SMILES string of the molecule is CCOc1cc(C(=O)N/N=C(\C)c2ccc(NC(=O)c3cccs3)cc2)cc(OCC)c1OCC. The number of hydrogen-bond acceptors (Lipinski definition) is 7. The summed E-state index contributed by atoms with van der Waals surface area (Å²) in [5, 5.41) is 8.94. The molecule has 9 heteroatoms. The van der Waals surface area contributed by atoms with E-state index >= 15 is 0 Å². The molecule has 35 heavy (non-hydrogen) atoms. The molecule has 1 aromatic heterocycles. The van der Waals surface area contributed by atoms with Gasteiger partial charge >= 0.3 is 0 Å². The minimum atomic E-state index is -0.408. The van der Waals surface area contributed by atoms with Gasteiger partial charge in [-0.15, -0.1) is 11.3 Å². The highest BCUT2D eigenvalue weighted by molar-refractivity contribution is 7.12. The maximum Gasteiger partial charge on any atom is 0.271 e. The number of amides is 2. The first-order chi connectivity index (χ1) is 17.0. The van der Waals surface area contributed by atoms with Crippen molar-refractivity contribution in [3.63, 3.8) is 0 Å². The highest BCUT2D eigenvalue weighted by Crippen LogP contribution is 2.39. The molecule has 0 radical (unpaired) electrons. The van der Waals surface area contributed by atoms with E-state index in [9.17, 15) is 9.59 Å². The maximum atomic E-state index is 12.8. The van der Waals surface area contributed by atoms with E-state index in [0.29, 0.717) is 58.9 Å². The molecule has 0 aliphatic heterocycles. The number of anilines is 1. The van der Waals surface area contributed by atoms with Crippen molar-refractivity contribution >= 4 is 34.6 Å². The van der Waals surface area contributed by atoms with Gasteiger partial charge in [-0.3, -0.25) is 9.59 Å². The van der Waals surface area contributed by atoms with Gasteiger partial charge in [0.25, 0.3) is 11.8 Å². The quantitative estimate of drug-likeness (QED) is 0.276. The Hall–Kier alpha value is -3.85. The smallest absolute Gasteiger partial charge is 0.271 e. The van der Waals surface area contributed by atoms with E-state index in [0.717, 1.165) is 5.56 Å². The highest BCUT2D eigenvalue weighted by atomic mass is 32.1. The molecular formula is C26H29N3O5S. The van der Waals surface area contributed by atoms with Crippen molar-refractivity contribution in [2.45, 2.75) is 27.7 Å². The number of rotatable bonds is 11. The number of carbonyl (C=O) groups is 2. The Labute approximate surface area is 208 Å². The van der Waals surface area contributed by atoms with Crippen LogP contribution in [0.2, 0.25) is 0 Å². The molecule has 3 aromatic rings. The number of hydrogen-bond donors (Lipinski definition) is 2. The molecule has 2 N–H and O–H groups in total. The largest absolute Gasteiger partial charge is 0.490 e. The molecule has 0 aliphatic rings. The number of nitrogens with zero attached hydrogens (tertiary/aromatic N) is 1. The Morgan fingerprint density at radius 1 is 0.857 bits per heavy atom. The lowest BCUT2D eigenvalue weighted by molar-refractivity contribution is 0.0953. The fourth-order valence-corrected chi connectivity index (χ4v) is 3.80. The Bertz CT molecular complexity index is 1150. The third kappa shape index (κ3) is 6.83. The first-order valence-corrected chi connectivity index (χ1v) is 12.2. The highest BCUT2D eigenvalue weighted by Gasteiger charge is 2.18. The van der Waals surface area contributed by atoms with E-state index < -0.39 is 5.91 Å². The van der Waals surface area contributed by atoms with Gasteiger partial charge in [-0.05, 0) is 69.0 Å². The molecule has 0 aliphatic carbocycles. The second-order valence-corrected chi connectivity index (χ2v) is 8.20. The number of nitrogens with one attached hydrogen (secondary N) is 2. The van der Waals surface area contributed by atoms with Gasteiger partial charge in [0.1, 0.15) is 0 Å². The summed E-state index contributed by atoms with van der Waals surface area (Å²) >= 11 is 1.38. The molecule has 0 saturated carbocycles. The molecule has 0 unspecified atom stereocenters. The zero-order valence-corrected chi connectivity index (χ0v) is 21.0. The molecule has 0 atom stereocenters. The zero-order chi connectivity index (χ0) is 25.2. The maximum absolute atomic E-state index is 12.8. The van der Waals surface area contributed by atoms with E-state index in [-0.39, 0.29) is 5.91 Å². The second kappa shape index (κ2) is 12.6. The Kier molecular flexibility index (Phi) is 9.25. The standard InChI is InChI=1S/C26H29N3O5S/c1-5-32-21-15-19(16-22(33-6-2)24(21)34-7-3)25(30)29-28-17(4)18-10-12-20(13-11-18)27-26(31)23-9-8-14-35-23/h8-16H,5-7H2,1-4H3,(H,27,31)(H,29,30)/b28-17+. The predicted octanol–water partition coefficient (Wildman–Crippen LogP) is 5.35. The summed E-state index contributed by atoms with van der Waals surface area (Å²) in [6, 6.07) is 14.1. The van der Waals surface area contributed by atoms with Crippen molar-refractivity contribution in [3.8, 4) is 17.2 Å². The third-order valence-corrected chi connectivity index (χ3v) is 5.67. The lowest BCUT2D eigenvalue weighted by Gasteiger charge is -2.16.